The Kier molecular flexibility index (Phi) is 6.31. The summed E-state index contributed by atoms with van der Waals surface area (Å²) in [5.74, 6) is 1.63. The van der Waals surface area contributed by atoms with Gasteiger partial charge >= 0.3 is 5.97 Å². The van der Waals surface area contributed by atoms with Gasteiger partial charge in [-0.05, 0) is 42.0 Å². The standard InChI is InChI=1S/C26H22O7/c1-29-21-6-4-5-18(25(21)30-2)13-23-24(27)20-12-11-19(14-22(20)33-23)32-15-16-7-9-17(10-8-16)26(28)31-3/h4-14H,15H2,1-3H3/b23-13-. The maximum absolute atomic E-state index is 12.8. The third-order valence-electron chi connectivity index (χ3n) is 5.14. The summed E-state index contributed by atoms with van der Waals surface area (Å²) in [7, 11) is 4.43. The summed E-state index contributed by atoms with van der Waals surface area (Å²) in [6.07, 6.45) is 1.63. The highest BCUT2D eigenvalue weighted by atomic mass is 16.5. The van der Waals surface area contributed by atoms with Crippen molar-refractivity contribution < 1.29 is 33.3 Å². The highest BCUT2D eigenvalue weighted by Gasteiger charge is 2.28. The van der Waals surface area contributed by atoms with Crippen LogP contribution in [0.3, 0.4) is 0 Å². The largest absolute Gasteiger partial charge is 0.493 e. The normalized spacial score (nSPS) is 13.3. The van der Waals surface area contributed by atoms with E-state index >= 15 is 0 Å². The lowest BCUT2D eigenvalue weighted by Crippen LogP contribution is -2.02. The Morgan fingerprint density at radius 1 is 0.970 bits per heavy atom. The Morgan fingerprint density at radius 3 is 2.45 bits per heavy atom. The summed E-state index contributed by atoms with van der Waals surface area (Å²) in [6.45, 7) is 0.290. The Morgan fingerprint density at radius 2 is 1.76 bits per heavy atom. The third kappa shape index (κ3) is 4.52. The van der Waals surface area contributed by atoms with Crippen LogP contribution >= 0.6 is 0 Å². The topological polar surface area (TPSA) is 80.3 Å². The Hall–Kier alpha value is -4.26. The number of fused-ring (bicyclic) bond motifs is 1. The number of allylic oxidation sites excluding steroid dienone is 1. The van der Waals surface area contributed by atoms with Crippen LogP contribution < -0.4 is 18.9 Å². The highest BCUT2D eigenvalue weighted by Crippen LogP contribution is 2.37. The molecule has 33 heavy (non-hydrogen) atoms. The molecule has 4 rings (SSSR count). The predicted molar refractivity (Wildman–Crippen MR) is 121 cm³/mol. The number of hydrogen-bond acceptors (Lipinski definition) is 7. The van der Waals surface area contributed by atoms with Gasteiger partial charge in [-0.15, -0.1) is 0 Å². The second-order valence-electron chi connectivity index (χ2n) is 7.16. The lowest BCUT2D eigenvalue weighted by atomic mass is 10.1. The molecule has 1 heterocycles. The fraction of sp³-hybridized carbons (Fsp3) is 0.154. The van der Waals surface area contributed by atoms with E-state index in [-0.39, 0.29) is 18.1 Å². The first-order valence-electron chi connectivity index (χ1n) is 10.1. The number of para-hydroxylation sites is 1. The summed E-state index contributed by atoms with van der Waals surface area (Å²) in [6, 6.07) is 17.4. The zero-order valence-electron chi connectivity index (χ0n) is 18.4. The summed E-state index contributed by atoms with van der Waals surface area (Å²) in [5.41, 5.74) is 2.47. The minimum atomic E-state index is -0.390. The van der Waals surface area contributed by atoms with Crippen molar-refractivity contribution in [2.75, 3.05) is 21.3 Å². The average molecular weight is 446 g/mol. The van der Waals surface area contributed by atoms with Crippen molar-refractivity contribution in [1.82, 2.24) is 0 Å². The number of methoxy groups -OCH3 is 3. The first kappa shape index (κ1) is 22.0. The molecule has 1 aliphatic rings. The van der Waals surface area contributed by atoms with Gasteiger partial charge in [0.2, 0.25) is 5.78 Å². The zero-order chi connectivity index (χ0) is 23.4. The number of rotatable bonds is 7. The van der Waals surface area contributed by atoms with Crippen molar-refractivity contribution in [3.63, 3.8) is 0 Å². The third-order valence-corrected chi connectivity index (χ3v) is 5.14. The molecule has 0 aromatic heterocycles. The Bertz CT molecular complexity index is 1230. The number of ketones is 1. The van der Waals surface area contributed by atoms with E-state index < -0.39 is 5.97 Å². The highest BCUT2D eigenvalue weighted by molar-refractivity contribution is 6.14. The molecule has 3 aromatic carbocycles. The number of esters is 1. The van der Waals surface area contributed by atoms with Crippen LogP contribution in [0.1, 0.15) is 31.8 Å². The lowest BCUT2D eigenvalue weighted by molar-refractivity contribution is 0.0600. The molecule has 7 nitrogen and oxygen atoms in total. The molecule has 1 aliphatic heterocycles. The van der Waals surface area contributed by atoms with Crippen molar-refractivity contribution >= 4 is 17.8 Å². The molecule has 0 spiro atoms. The molecule has 3 aromatic rings. The van der Waals surface area contributed by atoms with Crippen molar-refractivity contribution in [2.45, 2.75) is 6.61 Å². The summed E-state index contributed by atoms with van der Waals surface area (Å²) >= 11 is 0. The molecular formula is C26H22O7. The van der Waals surface area contributed by atoms with Gasteiger partial charge in [-0.1, -0.05) is 24.3 Å². The van der Waals surface area contributed by atoms with E-state index in [2.05, 4.69) is 0 Å². The van der Waals surface area contributed by atoms with E-state index in [0.717, 1.165) is 5.56 Å². The first-order valence-corrected chi connectivity index (χ1v) is 10.1. The maximum atomic E-state index is 12.8. The van der Waals surface area contributed by atoms with Gasteiger partial charge in [-0.2, -0.15) is 0 Å². The van der Waals surface area contributed by atoms with Gasteiger partial charge in [0.1, 0.15) is 18.1 Å². The molecule has 0 saturated heterocycles. The van der Waals surface area contributed by atoms with E-state index in [9.17, 15) is 9.59 Å². The van der Waals surface area contributed by atoms with E-state index in [1.807, 2.05) is 12.1 Å². The van der Waals surface area contributed by atoms with Crippen LogP contribution in [-0.4, -0.2) is 33.1 Å². The molecule has 0 atom stereocenters. The molecule has 0 saturated carbocycles. The Balaban J connectivity index is 1.49. The molecule has 0 radical (unpaired) electrons. The van der Waals surface area contributed by atoms with Crippen molar-refractivity contribution in [3.8, 4) is 23.0 Å². The minimum Gasteiger partial charge on any atom is -0.493 e. The average Bonchev–Trinajstić information content (AvgIpc) is 3.16. The molecule has 168 valence electrons. The van der Waals surface area contributed by atoms with E-state index in [4.69, 9.17) is 23.7 Å². The van der Waals surface area contributed by atoms with Crippen molar-refractivity contribution in [3.05, 3.63) is 88.7 Å². The van der Waals surface area contributed by atoms with Crippen molar-refractivity contribution in [2.24, 2.45) is 0 Å². The fourth-order valence-corrected chi connectivity index (χ4v) is 3.45. The Labute approximate surface area is 191 Å². The van der Waals surface area contributed by atoms with Gasteiger partial charge < -0.3 is 23.7 Å². The predicted octanol–water partition coefficient (Wildman–Crippen LogP) is 4.69. The number of carbonyl (C=O) groups is 2. The quantitative estimate of drug-likeness (QED) is 0.385. The second-order valence-corrected chi connectivity index (χ2v) is 7.16. The fourth-order valence-electron chi connectivity index (χ4n) is 3.45. The number of carbonyl (C=O) groups excluding carboxylic acids is 2. The zero-order valence-corrected chi connectivity index (χ0v) is 18.4. The maximum Gasteiger partial charge on any atom is 0.337 e. The van der Waals surface area contributed by atoms with Gasteiger partial charge in [0, 0.05) is 11.6 Å². The monoisotopic (exact) mass is 446 g/mol. The molecule has 7 heteroatoms. The van der Waals surface area contributed by atoms with Gasteiger partial charge in [0.25, 0.3) is 0 Å². The summed E-state index contributed by atoms with van der Waals surface area (Å²) in [4.78, 5) is 24.3. The van der Waals surface area contributed by atoms with Crippen LogP contribution in [0.4, 0.5) is 0 Å². The van der Waals surface area contributed by atoms with Crippen molar-refractivity contribution in [1.29, 1.82) is 0 Å². The van der Waals surface area contributed by atoms with E-state index in [1.165, 1.54) is 7.11 Å². The number of benzene rings is 3. The van der Waals surface area contributed by atoms with Crippen LogP contribution in [0.25, 0.3) is 6.08 Å². The number of hydrogen-bond donors (Lipinski definition) is 0. The minimum absolute atomic E-state index is 0.187. The van der Waals surface area contributed by atoms with E-state index in [1.54, 1.807) is 68.8 Å². The van der Waals surface area contributed by atoms with Gasteiger partial charge in [-0.3, -0.25) is 4.79 Å². The molecular weight excluding hydrogens is 424 g/mol. The molecule has 0 fully saturated rings. The van der Waals surface area contributed by atoms with Crippen LogP contribution in [0.2, 0.25) is 0 Å². The summed E-state index contributed by atoms with van der Waals surface area (Å²) in [5, 5.41) is 0. The van der Waals surface area contributed by atoms with Crippen LogP contribution in [0.5, 0.6) is 23.0 Å². The lowest BCUT2D eigenvalue weighted by Gasteiger charge is -2.10. The first-order chi connectivity index (χ1) is 16.0. The molecule has 0 N–H and O–H groups in total. The smallest absolute Gasteiger partial charge is 0.337 e. The number of ether oxygens (including phenoxy) is 5. The van der Waals surface area contributed by atoms with Crippen LogP contribution in [0.15, 0.2) is 66.4 Å². The van der Waals surface area contributed by atoms with E-state index in [0.29, 0.717) is 39.7 Å². The van der Waals surface area contributed by atoms with Gasteiger partial charge in [-0.25, -0.2) is 4.79 Å². The van der Waals surface area contributed by atoms with Crippen LogP contribution in [-0.2, 0) is 11.3 Å². The second kappa shape index (κ2) is 9.48. The molecule has 0 amide bonds. The van der Waals surface area contributed by atoms with Gasteiger partial charge in [0.15, 0.2) is 17.3 Å². The number of Topliss-reactive ketones (excluding diaryl/α,β-unsaturated/α-hetero) is 1. The molecule has 0 unspecified atom stereocenters. The molecule has 0 aliphatic carbocycles. The molecule has 0 bridgehead atoms. The van der Waals surface area contributed by atoms with Crippen LogP contribution in [0, 0.1) is 0 Å². The SMILES string of the molecule is COC(=O)c1ccc(COc2ccc3c(c2)O/C(=C\c2cccc(OC)c2OC)C3=O)cc1. The van der Waals surface area contributed by atoms with Gasteiger partial charge in [0.05, 0.1) is 32.5 Å². The summed E-state index contributed by atoms with van der Waals surface area (Å²) < 4.78 is 27.1.